The highest BCUT2D eigenvalue weighted by Crippen LogP contribution is 2.30. The van der Waals surface area contributed by atoms with Gasteiger partial charge in [0.1, 0.15) is 0 Å². The lowest BCUT2D eigenvalue weighted by molar-refractivity contribution is 0.423. The van der Waals surface area contributed by atoms with Crippen LogP contribution in [0.3, 0.4) is 0 Å². The number of fused-ring (bicyclic) bond motifs is 1. The van der Waals surface area contributed by atoms with Crippen LogP contribution in [-0.2, 0) is 6.54 Å². The zero-order valence-corrected chi connectivity index (χ0v) is 10.9. The Morgan fingerprint density at radius 3 is 2.89 bits per heavy atom. The first-order valence-corrected chi connectivity index (χ1v) is 6.71. The number of rotatable bonds is 3. The van der Waals surface area contributed by atoms with Crippen molar-refractivity contribution >= 4 is 0 Å². The molecule has 1 N–H and O–H groups in total. The minimum absolute atomic E-state index is 0.680. The molecule has 0 bridgehead atoms. The Bertz CT molecular complexity index is 473. The molecule has 1 fully saturated rings. The van der Waals surface area contributed by atoms with Crippen molar-refractivity contribution in [1.82, 2.24) is 10.2 Å². The maximum Gasteiger partial charge on any atom is 0.0426 e. The van der Waals surface area contributed by atoms with Gasteiger partial charge >= 0.3 is 0 Å². The first-order valence-electron chi connectivity index (χ1n) is 6.71. The number of piperidine rings is 1. The van der Waals surface area contributed by atoms with Gasteiger partial charge in [0.2, 0.25) is 0 Å². The molecule has 2 nitrogen and oxygen atoms in total. The van der Waals surface area contributed by atoms with Crippen molar-refractivity contribution < 1.29 is 0 Å². The van der Waals surface area contributed by atoms with Crippen LogP contribution in [0.4, 0.5) is 0 Å². The summed E-state index contributed by atoms with van der Waals surface area (Å²) in [4.78, 5) is 2.35. The lowest BCUT2D eigenvalue weighted by Gasteiger charge is -2.20. The van der Waals surface area contributed by atoms with Crippen molar-refractivity contribution in [3.63, 3.8) is 0 Å². The Balaban J connectivity index is 1.70. The van der Waals surface area contributed by atoms with Gasteiger partial charge in [-0.15, -0.1) is 0 Å². The van der Waals surface area contributed by atoms with Crippen LogP contribution in [0.15, 0.2) is 53.8 Å². The van der Waals surface area contributed by atoms with Crippen LogP contribution in [-0.4, -0.2) is 25.0 Å². The van der Waals surface area contributed by atoms with E-state index < -0.39 is 0 Å². The quantitative estimate of drug-likeness (QED) is 0.873. The van der Waals surface area contributed by atoms with Crippen LogP contribution in [0, 0.1) is 5.92 Å². The maximum absolute atomic E-state index is 3.45. The van der Waals surface area contributed by atoms with Crippen molar-refractivity contribution in [3.05, 3.63) is 59.3 Å². The van der Waals surface area contributed by atoms with Crippen LogP contribution in [0.1, 0.15) is 12.0 Å². The second-order valence-electron chi connectivity index (χ2n) is 5.22. The van der Waals surface area contributed by atoms with E-state index in [2.05, 4.69) is 59.7 Å². The third-order valence-corrected chi connectivity index (χ3v) is 3.85. The molecule has 18 heavy (non-hydrogen) atoms. The predicted molar refractivity (Wildman–Crippen MR) is 75.1 cm³/mol. The van der Waals surface area contributed by atoms with E-state index in [9.17, 15) is 0 Å². The summed E-state index contributed by atoms with van der Waals surface area (Å²) >= 11 is 0. The van der Waals surface area contributed by atoms with Crippen molar-refractivity contribution in [3.8, 4) is 0 Å². The van der Waals surface area contributed by atoms with Gasteiger partial charge in [0.05, 0.1) is 0 Å². The van der Waals surface area contributed by atoms with E-state index in [1.165, 1.54) is 17.7 Å². The van der Waals surface area contributed by atoms with Crippen LogP contribution < -0.4 is 5.32 Å². The number of benzene rings is 1. The smallest absolute Gasteiger partial charge is 0.0426 e. The Morgan fingerprint density at radius 2 is 2.11 bits per heavy atom. The zero-order chi connectivity index (χ0) is 12.4. The van der Waals surface area contributed by atoms with Gasteiger partial charge in [0.25, 0.3) is 0 Å². The molecule has 2 heteroatoms. The summed E-state index contributed by atoms with van der Waals surface area (Å²) in [5.41, 5.74) is 4.30. The Morgan fingerprint density at radius 1 is 1.28 bits per heavy atom. The van der Waals surface area contributed by atoms with Gasteiger partial charge in [0, 0.05) is 31.8 Å². The molecule has 0 saturated carbocycles. The fraction of sp³-hybridized carbons (Fsp3) is 0.375. The van der Waals surface area contributed by atoms with E-state index >= 15 is 0 Å². The number of allylic oxidation sites excluding steroid dienone is 2. The van der Waals surface area contributed by atoms with Crippen molar-refractivity contribution in [2.75, 3.05) is 20.1 Å². The first kappa shape index (κ1) is 11.5. The van der Waals surface area contributed by atoms with Gasteiger partial charge < -0.3 is 10.2 Å². The molecule has 1 aliphatic heterocycles. The molecule has 0 aromatic heterocycles. The molecule has 94 valence electrons. The molecule has 1 aromatic carbocycles. The molecule has 1 aliphatic carbocycles. The normalized spacial score (nSPS) is 22.2. The second-order valence-corrected chi connectivity index (χ2v) is 5.22. The van der Waals surface area contributed by atoms with Gasteiger partial charge in [0.15, 0.2) is 0 Å². The molecule has 0 amide bonds. The lowest BCUT2D eigenvalue weighted by atomic mass is 9.96. The Labute approximate surface area is 109 Å². The Kier molecular flexibility index (Phi) is 3.20. The lowest BCUT2D eigenvalue weighted by Crippen LogP contribution is -2.28. The van der Waals surface area contributed by atoms with Gasteiger partial charge in [-0.3, -0.25) is 0 Å². The van der Waals surface area contributed by atoms with Crippen LogP contribution in [0.5, 0.6) is 0 Å². The van der Waals surface area contributed by atoms with E-state index in [0.717, 1.165) is 19.6 Å². The van der Waals surface area contributed by atoms with E-state index in [0.29, 0.717) is 5.92 Å². The van der Waals surface area contributed by atoms with Gasteiger partial charge in [-0.25, -0.2) is 0 Å². The van der Waals surface area contributed by atoms with E-state index in [4.69, 9.17) is 0 Å². The fourth-order valence-electron chi connectivity index (χ4n) is 2.79. The minimum Gasteiger partial charge on any atom is -0.371 e. The topological polar surface area (TPSA) is 15.3 Å². The van der Waals surface area contributed by atoms with Gasteiger partial charge in [-0.05, 0) is 30.2 Å². The molecule has 1 atom stereocenters. The van der Waals surface area contributed by atoms with E-state index in [1.807, 2.05) is 0 Å². The average molecular weight is 240 g/mol. The third kappa shape index (κ3) is 2.34. The summed E-state index contributed by atoms with van der Waals surface area (Å²) in [5, 5.41) is 3.45. The molecule has 2 aliphatic rings. The number of hydrogen-bond donors (Lipinski definition) is 1. The van der Waals surface area contributed by atoms with E-state index in [-0.39, 0.29) is 0 Å². The number of likely N-dealkylation sites (N-methyl/N-ethyl adjacent to an activating group) is 1. The van der Waals surface area contributed by atoms with Crippen molar-refractivity contribution in [1.29, 1.82) is 0 Å². The third-order valence-electron chi connectivity index (χ3n) is 3.85. The fourth-order valence-corrected chi connectivity index (χ4v) is 2.79. The molecule has 0 radical (unpaired) electrons. The van der Waals surface area contributed by atoms with Gasteiger partial charge in [-0.2, -0.15) is 0 Å². The Hall–Kier alpha value is -1.54. The van der Waals surface area contributed by atoms with Crippen LogP contribution >= 0.6 is 0 Å². The zero-order valence-electron chi connectivity index (χ0n) is 10.9. The summed E-state index contributed by atoms with van der Waals surface area (Å²) in [6.07, 6.45) is 6.04. The highest BCUT2D eigenvalue weighted by Gasteiger charge is 2.23. The molecule has 1 unspecified atom stereocenters. The van der Waals surface area contributed by atoms with Crippen LogP contribution in [0.25, 0.3) is 0 Å². The summed E-state index contributed by atoms with van der Waals surface area (Å²) in [6, 6.07) is 10.7. The van der Waals surface area contributed by atoms with Crippen molar-refractivity contribution in [2.45, 2.75) is 13.0 Å². The molecule has 3 rings (SSSR count). The predicted octanol–water partition coefficient (Wildman–Crippen LogP) is 2.55. The average Bonchev–Trinajstić information content (AvgIpc) is 2.84. The molecule has 1 heterocycles. The molecule has 1 saturated heterocycles. The molecular weight excluding hydrogens is 220 g/mol. The molecule has 1 aromatic rings. The second kappa shape index (κ2) is 4.99. The van der Waals surface area contributed by atoms with Crippen LogP contribution in [0.2, 0.25) is 0 Å². The first-order chi connectivity index (χ1) is 8.83. The SMILES string of the molecule is CN(Cc1ccccc1)C1=CC2CCNCC2=C1. The summed E-state index contributed by atoms with van der Waals surface area (Å²) < 4.78 is 0. The maximum atomic E-state index is 3.45. The molecular formula is C16H20N2. The highest BCUT2D eigenvalue weighted by molar-refractivity contribution is 5.37. The summed E-state index contributed by atoms with van der Waals surface area (Å²) in [7, 11) is 2.18. The number of nitrogens with one attached hydrogen (secondary N) is 1. The number of hydrogen-bond acceptors (Lipinski definition) is 2. The minimum atomic E-state index is 0.680. The van der Waals surface area contributed by atoms with Gasteiger partial charge in [-0.1, -0.05) is 36.4 Å². The summed E-state index contributed by atoms with van der Waals surface area (Å²) in [6.45, 7) is 3.19. The highest BCUT2D eigenvalue weighted by atomic mass is 15.1. The molecule has 0 spiro atoms. The largest absolute Gasteiger partial charge is 0.371 e. The number of nitrogens with zero attached hydrogens (tertiary/aromatic N) is 1. The standard InChI is InChI=1S/C16H20N2/c1-18(12-13-5-3-2-4-6-13)16-9-14-7-8-17-11-15(14)10-16/h2-6,9-10,14,17H,7-8,11-12H2,1H3. The van der Waals surface area contributed by atoms with Crippen molar-refractivity contribution in [2.24, 2.45) is 5.92 Å². The van der Waals surface area contributed by atoms with E-state index in [1.54, 1.807) is 5.57 Å². The summed E-state index contributed by atoms with van der Waals surface area (Å²) in [5.74, 6) is 0.680. The monoisotopic (exact) mass is 240 g/mol.